The molecule has 0 spiro atoms. The van der Waals surface area contributed by atoms with Crippen LogP contribution in [-0.2, 0) is 4.74 Å². The third-order valence-electron chi connectivity index (χ3n) is 4.54. The van der Waals surface area contributed by atoms with Gasteiger partial charge < -0.3 is 10.1 Å². The van der Waals surface area contributed by atoms with Gasteiger partial charge in [0.25, 0.3) is 0 Å². The number of nitrogens with one attached hydrogen (secondary N) is 1. The summed E-state index contributed by atoms with van der Waals surface area (Å²) in [5, 5.41) is 3.41. The number of ether oxygens (including phenoxy) is 1. The molecule has 0 saturated carbocycles. The number of piperazine rings is 1. The van der Waals surface area contributed by atoms with Gasteiger partial charge in [-0.25, -0.2) is 4.39 Å². The molecular weight excluding hydrogens is 406 g/mol. The Morgan fingerprint density at radius 2 is 1.83 bits per heavy atom. The maximum absolute atomic E-state index is 13.6. The maximum atomic E-state index is 13.6. The minimum absolute atomic E-state index is 0. The topological polar surface area (TPSA) is 24.5 Å². The third-order valence-corrected chi connectivity index (χ3v) is 5.15. The highest BCUT2D eigenvalue weighted by atomic mass is 79.9. The zero-order valence-corrected chi connectivity index (χ0v) is 16.2. The predicted octanol–water partition coefficient (Wildman–Crippen LogP) is 3.80. The van der Waals surface area contributed by atoms with Gasteiger partial charge in [-0.05, 0) is 52.4 Å². The zero-order valence-electron chi connectivity index (χ0n) is 13.0. The molecule has 2 heterocycles. The molecule has 0 aliphatic carbocycles. The van der Waals surface area contributed by atoms with Gasteiger partial charge in [0.15, 0.2) is 0 Å². The van der Waals surface area contributed by atoms with E-state index < -0.39 is 0 Å². The number of rotatable bonds is 3. The first-order chi connectivity index (χ1) is 10.3. The molecule has 23 heavy (non-hydrogen) atoms. The van der Waals surface area contributed by atoms with Crippen LogP contribution in [0.4, 0.5) is 4.39 Å². The molecule has 0 amide bonds. The van der Waals surface area contributed by atoms with Crippen molar-refractivity contribution in [2.75, 3.05) is 39.4 Å². The highest BCUT2D eigenvalue weighted by Crippen LogP contribution is 2.36. The first kappa shape index (κ1) is 21.1. The van der Waals surface area contributed by atoms with Gasteiger partial charge in [0.1, 0.15) is 5.82 Å². The lowest BCUT2D eigenvalue weighted by atomic mass is 9.85. The standard InChI is InChI=1S/C16H22BrFN2O.2ClH/c17-14-11-13(1-2-15(14)18)16(12-3-9-21-10-4-12)20-7-5-19-6-8-20;;/h1-2,11-12,16,19H,3-10H2;2*1H/t16-;;/m0../s1. The van der Waals surface area contributed by atoms with Crippen molar-refractivity contribution >= 4 is 40.7 Å². The minimum atomic E-state index is -0.190. The quantitative estimate of drug-likeness (QED) is 0.790. The summed E-state index contributed by atoms with van der Waals surface area (Å²) >= 11 is 3.33. The molecule has 3 nitrogen and oxygen atoms in total. The molecule has 0 radical (unpaired) electrons. The fourth-order valence-electron chi connectivity index (χ4n) is 3.47. The third kappa shape index (κ3) is 5.28. The van der Waals surface area contributed by atoms with Crippen LogP contribution in [0.15, 0.2) is 22.7 Å². The molecule has 7 heteroatoms. The van der Waals surface area contributed by atoms with E-state index in [-0.39, 0.29) is 30.6 Å². The molecule has 2 fully saturated rings. The summed E-state index contributed by atoms with van der Waals surface area (Å²) in [6, 6.07) is 5.85. The SMILES string of the molecule is Cl.Cl.Fc1ccc([C@H](C2CCOCC2)N2CCNCC2)cc1Br. The van der Waals surface area contributed by atoms with Crippen molar-refractivity contribution in [2.45, 2.75) is 18.9 Å². The molecule has 132 valence electrons. The van der Waals surface area contributed by atoms with Gasteiger partial charge in [0.2, 0.25) is 0 Å². The lowest BCUT2D eigenvalue weighted by molar-refractivity contribution is 0.0213. The number of benzene rings is 1. The second kappa shape index (κ2) is 10.2. The van der Waals surface area contributed by atoms with E-state index in [0.29, 0.717) is 16.4 Å². The number of nitrogens with zero attached hydrogens (tertiary/aromatic N) is 1. The molecule has 2 saturated heterocycles. The lowest BCUT2D eigenvalue weighted by Gasteiger charge is -2.41. The molecule has 1 N–H and O–H groups in total. The number of hydrogen-bond acceptors (Lipinski definition) is 3. The second-order valence-corrected chi connectivity index (χ2v) is 6.71. The van der Waals surface area contributed by atoms with E-state index in [0.717, 1.165) is 52.2 Å². The van der Waals surface area contributed by atoms with E-state index in [1.54, 1.807) is 6.07 Å². The van der Waals surface area contributed by atoms with Crippen molar-refractivity contribution in [3.63, 3.8) is 0 Å². The summed E-state index contributed by atoms with van der Waals surface area (Å²) < 4.78 is 19.6. The van der Waals surface area contributed by atoms with Crippen molar-refractivity contribution < 1.29 is 9.13 Å². The average Bonchev–Trinajstić information content (AvgIpc) is 2.53. The van der Waals surface area contributed by atoms with Crippen LogP contribution >= 0.6 is 40.7 Å². The van der Waals surface area contributed by atoms with Gasteiger partial charge in [0, 0.05) is 45.4 Å². The Kier molecular flexibility index (Phi) is 9.34. The second-order valence-electron chi connectivity index (χ2n) is 5.85. The molecule has 0 unspecified atom stereocenters. The summed E-state index contributed by atoms with van der Waals surface area (Å²) in [6.07, 6.45) is 2.17. The molecule has 0 bridgehead atoms. The summed E-state index contributed by atoms with van der Waals surface area (Å²) in [6.45, 7) is 5.85. The highest BCUT2D eigenvalue weighted by Gasteiger charge is 2.31. The van der Waals surface area contributed by atoms with Crippen LogP contribution in [0.3, 0.4) is 0 Å². The van der Waals surface area contributed by atoms with Crippen LogP contribution in [-0.4, -0.2) is 44.3 Å². The Morgan fingerprint density at radius 1 is 1.17 bits per heavy atom. The Labute approximate surface area is 158 Å². The van der Waals surface area contributed by atoms with Gasteiger partial charge in [-0.3, -0.25) is 4.90 Å². The van der Waals surface area contributed by atoms with E-state index in [2.05, 4.69) is 26.1 Å². The van der Waals surface area contributed by atoms with Crippen molar-refractivity contribution in [1.82, 2.24) is 10.2 Å². The van der Waals surface area contributed by atoms with Crippen LogP contribution in [0.1, 0.15) is 24.4 Å². The van der Waals surface area contributed by atoms with E-state index >= 15 is 0 Å². The van der Waals surface area contributed by atoms with Crippen molar-refractivity contribution in [2.24, 2.45) is 5.92 Å². The van der Waals surface area contributed by atoms with E-state index in [1.165, 1.54) is 5.56 Å². The summed E-state index contributed by atoms with van der Waals surface area (Å²) in [5.41, 5.74) is 1.22. The molecule has 2 aliphatic rings. The Bertz CT molecular complexity index is 465. The first-order valence-corrected chi connectivity index (χ1v) is 8.52. The van der Waals surface area contributed by atoms with Crippen LogP contribution in [0.25, 0.3) is 0 Å². The molecular formula is C16H24BrCl2FN2O. The Hall–Kier alpha value is 0.0900. The van der Waals surface area contributed by atoms with Crippen molar-refractivity contribution in [3.05, 3.63) is 34.1 Å². The van der Waals surface area contributed by atoms with Crippen LogP contribution in [0.2, 0.25) is 0 Å². The highest BCUT2D eigenvalue weighted by molar-refractivity contribution is 9.10. The van der Waals surface area contributed by atoms with E-state index in [4.69, 9.17) is 4.74 Å². The average molecular weight is 430 g/mol. The normalized spacial score (nSPS) is 21.1. The lowest BCUT2D eigenvalue weighted by Crippen LogP contribution is -2.47. The van der Waals surface area contributed by atoms with Crippen LogP contribution < -0.4 is 5.32 Å². The summed E-state index contributed by atoms with van der Waals surface area (Å²) in [7, 11) is 0. The molecule has 0 aromatic heterocycles. The fraction of sp³-hybridized carbons (Fsp3) is 0.625. The van der Waals surface area contributed by atoms with Crippen molar-refractivity contribution in [1.29, 1.82) is 0 Å². The van der Waals surface area contributed by atoms with Crippen molar-refractivity contribution in [3.8, 4) is 0 Å². The van der Waals surface area contributed by atoms with Crippen LogP contribution in [0, 0.1) is 11.7 Å². The number of halogens is 4. The Morgan fingerprint density at radius 3 is 2.43 bits per heavy atom. The smallest absolute Gasteiger partial charge is 0.137 e. The maximum Gasteiger partial charge on any atom is 0.137 e. The molecule has 2 aliphatic heterocycles. The summed E-state index contributed by atoms with van der Waals surface area (Å²) in [4.78, 5) is 2.55. The molecule has 3 rings (SSSR count). The number of hydrogen-bond donors (Lipinski definition) is 1. The van der Waals surface area contributed by atoms with Gasteiger partial charge in [0.05, 0.1) is 4.47 Å². The predicted molar refractivity (Wildman–Crippen MR) is 99.3 cm³/mol. The van der Waals surface area contributed by atoms with Gasteiger partial charge in [-0.15, -0.1) is 24.8 Å². The van der Waals surface area contributed by atoms with E-state index in [1.807, 2.05) is 12.1 Å². The van der Waals surface area contributed by atoms with Gasteiger partial charge in [-0.1, -0.05) is 6.07 Å². The molecule has 1 atom stereocenters. The Balaban J connectivity index is 0.00000132. The van der Waals surface area contributed by atoms with Gasteiger partial charge >= 0.3 is 0 Å². The summed E-state index contributed by atoms with van der Waals surface area (Å²) in [5.74, 6) is 0.402. The van der Waals surface area contributed by atoms with Gasteiger partial charge in [-0.2, -0.15) is 0 Å². The molecule has 1 aromatic rings. The first-order valence-electron chi connectivity index (χ1n) is 7.73. The van der Waals surface area contributed by atoms with Crippen LogP contribution in [0.5, 0.6) is 0 Å². The molecule has 1 aromatic carbocycles. The van der Waals surface area contributed by atoms with E-state index in [9.17, 15) is 4.39 Å². The minimum Gasteiger partial charge on any atom is -0.381 e. The largest absolute Gasteiger partial charge is 0.381 e. The fourth-order valence-corrected chi connectivity index (χ4v) is 3.87. The zero-order chi connectivity index (χ0) is 14.7. The monoisotopic (exact) mass is 428 g/mol.